The van der Waals surface area contributed by atoms with Crippen LogP contribution in [0.1, 0.15) is 44.1 Å². The number of hydrogen-bond acceptors (Lipinski definition) is 3. The Balaban J connectivity index is 1.21. The van der Waals surface area contributed by atoms with Crippen molar-refractivity contribution in [3.63, 3.8) is 0 Å². The minimum Gasteiger partial charge on any atom is -0.464 e. The molecular weight excluding hydrogens is 583 g/mol. The summed E-state index contributed by atoms with van der Waals surface area (Å²) in [5.41, 5.74) is 14.7. The van der Waals surface area contributed by atoms with Gasteiger partial charge in [0.05, 0.1) is 11.8 Å². The highest BCUT2D eigenvalue weighted by Gasteiger charge is 2.36. The average molecular weight is 613 g/mol. The van der Waals surface area contributed by atoms with Gasteiger partial charge in [-0.3, -0.25) is 0 Å². The maximum absolute atomic E-state index is 13.6. The second-order valence-corrected chi connectivity index (χ2v) is 13.3. The van der Waals surface area contributed by atoms with Crippen molar-refractivity contribution in [1.82, 2.24) is 0 Å². The molecular formula is C42H29O3P. The highest BCUT2D eigenvalue weighted by atomic mass is 31.1. The van der Waals surface area contributed by atoms with E-state index < -0.39 is 0 Å². The second kappa shape index (κ2) is 10.7. The Bertz CT molecular complexity index is 2330. The largest absolute Gasteiger partial charge is 0.464 e. The van der Waals surface area contributed by atoms with Crippen LogP contribution < -0.4 is 10.6 Å². The van der Waals surface area contributed by atoms with Gasteiger partial charge >= 0.3 is 5.97 Å². The van der Waals surface area contributed by atoms with Crippen molar-refractivity contribution in [3.05, 3.63) is 167 Å². The maximum atomic E-state index is 13.6. The first-order valence-electron chi connectivity index (χ1n) is 15.6. The third-order valence-corrected chi connectivity index (χ3v) is 11.1. The lowest BCUT2D eigenvalue weighted by atomic mass is 9.85. The zero-order chi connectivity index (χ0) is 30.8. The average Bonchev–Trinajstić information content (AvgIpc) is 3.69. The summed E-state index contributed by atoms with van der Waals surface area (Å²) in [6.07, 6.45) is 1.91. The molecule has 0 spiro atoms. The molecule has 4 heteroatoms. The molecule has 2 unspecified atom stereocenters. The number of hydrogen-bond donors (Lipinski definition) is 0. The first-order valence-corrected chi connectivity index (χ1v) is 16.6. The molecule has 0 fully saturated rings. The summed E-state index contributed by atoms with van der Waals surface area (Å²) in [6, 6.07) is 44.0. The fourth-order valence-corrected chi connectivity index (χ4v) is 9.15. The quantitative estimate of drug-likeness (QED) is 0.144. The van der Waals surface area contributed by atoms with Crippen molar-refractivity contribution in [3.8, 4) is 33.4 Å². The Hall–Kier alpha value is -5.24. The molecule has 0 radical (unpaired) electrons. The number of benzene rings is 6. The Kier molecular flexibility index (Phi) is 6.30. The maximum Gasteiger partial charge on any atom is 0.339 e. The van der Waals surface area contributed by atoms with E-state index in [2.05, 4.69) is 73.7 Å². The summed E-state index contributed by atoms with van der Waals surface area (Å²) in [5, 5.41) is 3.71. The number of ether oxygens (including phenoxy) is 1. The summed E-state index contributed by atoms with van der Waals surface area (Å²) in [4.78, 5) is 13.6. The summed E-state index contributed by atoms with van der Waals surface area (Å²) in [7, 11) is 0.383. The molecule has 1 aliphatic heterocycles. The lowest BCUT2D eigenvalue weighted by Gasteiger charge is -2.26. The van der Waals surface area contributed by atoms with Gasteiger partial charge in [-0.2, -0.15) is 0 Å². The van der Waals surface area contributed by atoms with Crippen LogP contribution >= 0.6 is 8.58 Å². The van der Waals surface area contributed by atoms with Crippen LogP contribution in [0, 0.1) is 6.92 Å². The molecule has 0 saturated carbocycles. The van der Waals surface area contributed by atoms with E-state index in [-0.39, 0.29) is 18.5 Å². The number of rotatable bonds is 5. The monoisotopic (exact) mass is 612 g/mol. The topological polar surface area (TPSA) is 39.4 Å². The van der Waals surface area contributed by atoms with E-state index in [0.717, 1.165) is 33.2 Å². The molecule has 9 rings (SSSR count). The lowest BCUT2D eigenvalue weighted by molar-refractivity contribution is 0.0473. The summed E-state index contributed by atoms with van der Waals surface area (Å²) in [6.45, 7) is 2.45. The van der Waals surface area contributed by atoms with E-state index in [0.29, 0.717) is 14.1 Å². The lowest BCUT2D eigenvalue weighted by Crippen LogP contribution is -2.21. The molecule has 46 heavy (non-hydrogen) atoms. The van der Waals surface area contributed by atoms with Gasteiger partial charge in [0.15, 0.2) is 0 Å². The zero-order valence-corrected chi connectivity index (χ0v) is 26.2. The minimum absolute atomic E-state index is 0.145. The molecule has 6 aromatic carbocycles. The number of aryl methyl sites for hydroxylation is 1. The Morgan fingerprint density at radius 1 is 0.652 bits per heavy atom. The molecule has 220 valence electrons. The van der Waals surface area contributed by atoms with Crippen LogP contribution in [0.15, 0.2) is 138 Å². The van der Waals surface area contributed by atoms with E-state index in [9.17, 15) is 4.79 Å². The summed E-state index contributed by atoms with van der Waals surface area (Å²) < 4.78 is 12.0. The van der Waals surface area contributed by atoms with Crippen molar-refractivity contribution in [2.75, 3.05) is 0 Å². The van der Waals surface area contributed by atoms with Crippen molar-refractivity contribution in [1.29, 1.82) is 0 Å². The number of fused-ring (bicyclic) bond motifs is 6. The second-order valence-electron chi connectivity index (χ2n) is 12.1. The molecule has 1 aromatic heterocycles. The number of furan rings is 1. The molecule has 2 heterocycles. The van der Waals surface area contributed by atoms with E-state index in [1.807, 2.05) is 66.9 Å². The molecule has 0 saturated heterocycles. The van der Waals surface area contributed by atoms with Gasteiger partial charge < -0.3 is 9.15 Å². The smallest absolute Gasteiger partial charge is 0.339 e. The summed E-state index contributed by atoms with van der Waals surface area (Å²) in [5.74, 6) is -0.180. The Labute approximate surface area is 269 Å². The first kappa shape index (κ1) is 27.1. The molecule has 0 bridgehead atoms. The van der Waals surface area contributed by atoms with Crippen LogP contribution in [-0.4, -0.2) is 5.97 Å². The molecule has 0 amide bonds. The third kappa shape index (κ3) is 4.12. The zero-order valence-electron chi connectivity index (χ0n) is 25.2. The third-order valence-electron chi connectivity index (χ3n) is 9.53. The summed E-state index contributed by atoms with van der Waals surface area (Å²) >= 11 is 0. The van der Waals surface area contributed by atoms with E-state index in [4.69, 9.17) is 9.15 Å². The number of carbonyl (C=O) groups is 1. The van der Waals surface area contributed by atoms with Crippen LogP contribution in [0.3, 0.4) is 0 Å². The van der Waals surface area contributed by atoms with E-state index in [1.54, 1.807) is 0 Å². The highest BCUT2D eigenvalue weighted by Crippen LogP contribution is 2.52. The number of carbonyl (C=O) groups excluding carboxylic acids is 1. The molecule has 2 atom stereocenters. The fraction of sp³-hybridized carbons (Fsp3) is 0.0714. The van der Waals surface area contributed by atoms with Gasteiger partial charge in [0.25, 0.3) is 0 Å². The highest BCUT2D eigenvalue weighted by molar-refractivity contribution is 7.57. The minimum atomic E-state index is -0.324. The molecule has 0 N–H and O–H groups in total. The molecule has 7 aromatic rings. The standard InChI is InChI=1S/C42H29O3P/c1-25-11-5-6-14-27(25)37-30-17-9-7-15-28(30)31-19-20-33-35-24-44-36-22-21-32(40(38(35)36)46-41(33)39(31)37)29-16-8-10-18-34(29)42(43)45-23-26-12-3-2-4-13-26/h2-22,24,37,46H,23H2,1H3. The van der Waals surface area contributed by atoms with Crippen molar-refractivity contribution < 1.29 is 13.9 Å². The normalized spacial score (nSPS) is 14.6. The van der Waals surface area contributed by atoms with E-state index >= 15 is 0 Å². The first-order chi connectivity index (χ1) is 22.7. The number of esters is 1. The van der Waals surface area contributed by atoms with Crippen LogP contribution in [-0.2, 0) is 11.3 Å². The van der Waals surface area contributed by atoms with Crippen LogP contribution in [0.25, 0.3) is 44.3 Å². The Morgan fingerprint density at radius 2 is 1.33 bits per heavy atom. The van der Waals surface area contributed by atoms with Crippen LogP contribution in [0.4, 0.5) is 0 Å². The van der Waals surface area contributed by atoms with Crippen molar-refractivity contribution in [2.24, 2.45) is 0 Å². The molecule has 1 aliphatic carbocycles. The van der Waals surface area contributed by atoms with Gasteiger partial charge in [-0.05, 0) is 91.4 Å². The van der Waals surface area contributed by atoms with Crippen LogP contribution in [0.2, 0.25) is 0 Å². The fourth-order valence-electron chi connectivity index (χ4n) is 7.40. The van der Waals surface area contributed by atoms with Gasteiger partial charge in [-0.15, -0.1) is 0 Å². The predicted molar refractivity (Wildman–Crippen MR) is 188 cm³/mol. The van der Waals surface area contributed by atoms with Gasteiger partial charge in [-0.25, -0.2) is 4.79 Å². The van der Waals surface area contributed by atoms with Crippen molar-refractivity contribution >= 4 is 36.1 Å². The SMILES string of the molecule is Cc1ccccc1C1c2ccccc2-c2ccc3c(c21)Pc1c(-c2ccccc2C(=O)OCc2ccccc2)ccc2occ-3c12. The predicted octanol–water partition coefficient (Wildman–Crippen LogP) is 9.54. The molecule has 2 aliphatic rings. The van der Waals surface area contributed by atoms with Crippen LogP contribution in [0.5, 0.6) is 0 Å². The van der Waals surface area contributed by atoms with Gasteiger partial charge in [-0.1, -0.05) is 118 Å². The molecule has 3 nitrogen and oxygen atoms in total. The van der Waals surface area contributed by atoms with Gasteiger partial charge in [0.1, 0.15) is 12.2 Å². The van der Waals surface area contributed by atoms with Crippen molar-refractivity contribution in [2.45, 2.75) is 19.4 Å². The van der Waals surface area contributed by atoms with Gasteiger partial charge in [0.2, 0.25) is 0 Å². The van der Waals surface area contributed by atoms with E-state index in [1.165, 1.54) is 49.6 Å². The van der Waals surface area contributed by atoms with Gasteiger partial charge in [0, 0.05) is 16.9 Å². The Morgan fingerprint density at radius 3 is 2.17 bits per heavy atom.